The molecule has 4 aromatic rings. The summed E-state index contributed by atoms with van der Waals surface area (Å²) in [5.74, 6) is 0. The molecule has 0 bridgehead atoms. The molecule has 0 spiro atoms. The van der Waals surface area contributed by atoms with Crippen molar-refractivity contribution >= 4 is 24.9 Å². The third-order valence-electron chi connectivity index (χ3n) is 4.35. The fraction of sp³-hybridized carbons (Fsp3) is 0.231. The average Bonchev–Trinajstić information content (AvgIpc) is 3.80. The van der Waals surface area contributed by atoms with E-state index in [2.05, 4.69) is 39.9 Å². The second-order valence-corrected chi connectivity index (χ2v) is 7.10. The third-order valence-corrected chi connectivity index (χ3v) is 4.35. The van der Waals surface area contributed by atoms with Gasteiger partial charge in [0.25, 0.3) is 0 Å². The van der Waals surface area contributed by atoms with Gasteiger partial charge in [-0.3, -0.25) is 20.0 Å². The Morgan fingerprint density at radius 3 is 0.875 bits per heavy atom. The minimum atomic E-state index is 0. The summed E-state index contributed by atoms with van der Waals surface area (Å²) in [6.45, 7) is 3.11. The van der Waals surface area contributed by atoms with E-state index < -0.39 is 0 Å². The molecule has 0 unspecified atom stereocenters. The molecule has 0 aromatic carbocycles. The van der Waals surface area contributed by atoms with Gasteiger partial charge in [-0.25, -0.2) is 0 Å². The van der Waals surface area contributed by atoms with Crippen molar-refractivity contribution in [1.82, 2.24) is 31.1 Å². The molecule has 0 fully saturated rings. The zero-order valence-electron chi connectivity index (χ0n) is 21.5. The quantitative estimate of drug-likeness (QED) is 0.132. The summed E-state index contributed by atoms with van der Waals surface area (Å²) in [6.07, 6.45) is 16.1. The molecule has 0 atom stereocenters. The number of aliphatic imine (C=N–C) groups is 4. The maximum atomic E-state index is 7.25. The first kappa shape index (κ1) is 38.2. The average molecular weight is 624 g/mol. The van der Waals surface area contributed by atoms with Crippen molar-refractivity contribution in [2.75, 3.05) is 26.2 Å². The zero-order valence-corrected chi connectivity index (χ0v) is 23.7. The molecule has 210 valence electrons. The van der Waals surface area contributed by atoms with Gasteiger partial charge in [0.1, 0.15) is 11.2 Å². The molecule has 4 heterocycles. The molecule has 0 saturated heterocycles. The number of nitrogens with zero attached hydrogens (tertiary/aromatic N) is 10. The van der Waals surface area contributed by atoms with Crippen LogP contribution in [0.1, 0.15) is 35.6 Å². The van der Waals surface area contributed by atoms with E-state index in [0.717, 1.165) is 61.8 Å². The molecule has 0 amide bonds. The van der Waals surface area contributed by atoms with Gasteiger partial charge < -0.3 is 19.9 Å². The maximum absolute atomic E-state index is 7.25. The molecule has 4 aromatic heterocycles. The second kappa shape index (κ2) is 28.1. The van der Waals surface area contributed by atoms with Crippen molar-refractivity contribution in [2.45, 2.75) is 12.8 Å². The van der Waals surface area contributed by atoms with Crippen LogP contribution in [0, 0.1) is 9.81 Å². The Hall–Kier alpha value is -3.96. The fourth-order valence-corrected chi connectivity index (χ4v) is 2.70. The molecule has 0 aliphatic heterocycles. The second-order valence-electron chi connectivity index (χ2n) is 7.10. The molecule has 2 radical (unpaired) electrons. The van der Waals surface area contributed by atoms with Crippen LogP contribution in [0.15, 0.2) is 93.3 Å². The molecular formula is C26H28Fe2N10O2. The van der Waals surface area contributed by atoms with Crippen LogP contribution >= 0.6 is 0 Å². The van der Waals surface area contributed by atoms with Gasteiger partial charge in [0.15, 0.2) is 0 Å². The standard InChI is InChI=1S/2C13H14N4.2Fe.2NO/c2*1-4-12(16-8-1)10-14-6-3-7-15-11-13-5-2-9-17-13;;;2*1-2/h2*1-2,4-5,8-11H,3,6-7H2;;;;/q2*-2;2*+2;;. The molecule has 0 aliphatic carbocycles. The number of nitroso groups, excluding NO2 is 2. The van der Waals surface area contributed by atoms with Gasteiger partial charge in [0.05, 0.1) is 0 Å². The summed E-state index contributed by atoms with van der Waals surface area (Å²) in [7, 11) is 0. The van der Waals surface area contributed by atoms with Crippen molar-refractivity contribution in [1.29, 1.82) is 0 Å². The number of aromatic nitrogens is 4. The van der Waals surface area contributed by atoms with E-state index in [1.54, 1.807) is 49.6 Å². The topological polar surface area (TPSA) is 185 Å². The Balaban J connectivity index is 0. The Bertz CT molecular complexity index is 962. The van der Waals surface area contributed by atoms with Crippen LogP contribution in [0.4, 0.5) is 0 Å². The van der Waals surface area contributed by atoms with Crippen molar-refractivity contribution in [3.63, 3.8) is 0 Å². The third kappa shape index (κ3) is 19.2. The van der Waals surface area contributed by atoms with E-state index in [1.807, 2.05) is 48.5 Å². The van der Waals surface area contributed by atoms with E-state index in [1.165, 1.54) is 0 Å². The Labute approximate surface area is 254 Å². The molecule has 0 aliphatic rings. The number of hydrogen-bond acceptors (Lipinski definition) is 6. The van der Waals surface area contributed by atoms with E-state index in [-0.39, 0.29) is 34.1 Å². The summed E-state index contributed by atoms with van der Waals surface area (Å²) in [5.41, 5.74) is 15.1. The normalized spacial score (nSPS) is 10.2. The molecule has 14 heteroatoms. The molecule has 12 nitrogen and oxygen atoms in total. The summed E-state index contributed by atoms with van der Waals surface area (Å²) < 4.78 is 0. The molecule has 4 rings (SSSR count). The van der Waals surface area contributed by atoms with Crippen LogP contribution in [-0.4, -0.2) is 51.0 Å². The van der Waals surface area contributed by atoms with Gasteiger partial charge in [-0.15, -0.1) is 32.6 Å². The van der Waals surface area contributed by atoms with E-state index in [0.29, 0.717) is 0 Å². The first-order valence-electron chi connectivity index (χ1n) is 11.6. The number of rotatable bonds is 12. The number of hydrogen-bond donors (Lipinski definition) is 0. The molecule has 0 saturated carbocycles. The first-order valence-corrected chi connectivity index (χ1v) is 11.6. The van der Waals surface area contributed by atoms with Gasteiger partial charge in [-0.1, -0.05) is 48.5 Å². The van der Waals surface area contributed by atoms with Crippen LogP contribution in [0.2, 0.25) is 0 Å². The SMILES string of the molecule is C(=NCCCN=Cc1ccc[n-]1)c1ccc[n-]1.C(=NCCCN=Cc1ccc[n-]1)c1ccc[n-]1.[Fe+2].[Fe+2].[N]=O.[N]=O. The van der Waals surface area contributed by atoms with Crippen molar-refractivity contribution in [3.05, 3.63) is 106 Å². The smallest absolute Gasteiger partial charge is 0.663 e. The maximum Gasteiger partial charge on any atom is 2.00 e. The van der Waals surface area contributed by atoms with Gasteiger partial charge >= 0.3 is 34.1 Å². The van der Waals surface area contributed by atoms with Gasteiger partial charge in [-0.05, 0) is 12.8 Å². The van der Waals surface area contributed by atoms with Crippen LogP contribution in [0.5, 0.6) is 0 Å². The Morgan fingerprint density at radius 2 is 0.700 bits per heavy atom. The van der Waals surface area contributed by atoms with Crippen LogP contribution < -0.4 is 31.1 Å². The fourth-order valence-electron chi connectivity index (χ4n) is 2.70. The minimum absolute atomic E-state index is 0. The van der Waals surface area contributed by atoms with E-state index in [4.69, 9.17) is 21.0 Å². The molecule has 40 heavy (non-hydrogen) atoms. The van der Waals surface area contributed by atoms with Gasteiger partial charge in [-0.2, -0.15) is 24.8 Å². The summed E-state index contributed by atoms with van der Waals surface area (Å²) >= 11 is 0. The van der Waals surface area contributed by atoms with Crippen LogP contribution in [-0.2, 0) is 34.1 Å². The van der Waals surface area contributed by atoms with E-state index in [9.17, 15) is 0 Å². The Morgan fingerprint density at radius 1 is 0.475 bits per heavy atom. The van der Waals surface area contributed by atoms with E-state index >= 15 is 0 Å². The van der Waals surface area contributed by atoms with Crippen LogP contribution in [0.3, 0.4) is 0 Å². The van der Waals surface area contributed by atoms with Gasteiger partial charge in [0, 0.05) is 51.0 Å². The van der Waals surface area contributed by atoms with Crippen molar-refractivity contribution < 1.29 is 34.1 Å². The zero-order chi connectivity index (χ0) is 27.5. The van der Waals surface area contributed by atoms with Crippen molar-refractivity contribution in [3.8, 4) is 0 Å². The molecule has 0 N–H and O–H groups in total. The first-order chi connectivity index (χ1) is 18.9. The predicted octanol–water partition coefficient (Wildman–Crippen LogP) is 2.16. The van der Waals surface area contributed by atoms with Crippen LogP contribution in [0.25, 0.3) is 0 Å². The summed E-state index contributed by atoms with van der Waals surface area (Å²) in [4.78, 5) is 48.0. The van der Waals surface area contributed by atoms with Crippen molar-refractivity contribution in [2.24, 2.45) is 20.0 Å². The summed E-state index contributed by atoms with van der Waals surface area (Å²) in [6, 6.07) is 15.3. The molecular weight excluding hydrogens is 596 g/mol. The largest absolute Gasteiger partial charge is 2.00 e. The Kier molecular flexibility index (Phi) is 26.8. The monoisotopic (exact) mass is 624 g/mol. The summed E-state index contributed by atoms with van der Waals surface area (Å²) in [5, 5.41) is 0. The minimum Gasteiger partial charge on any atom is -0.663 e. The predicted molar refractivity (Wildman–Crippen MR) is 149 cm³/mol. The van der Waals surface area contributed by atoms with Gasteiger partial charge in [0.2, 0.25) is 0 Å².